The largest absolute Gasteiger partial charge is 0.744 e. The van der Waals surface area contributed by atoms with Crippen molar-refractivity contribution in [2.75, 3.05) is 13.2 Å². The summed E-state index contributed by atoms with van der Waals surface area (Å²) in [5.41, 5.74) is 3.44. The molecule has 0 unspecified atom stereocenters. The van der Waals surface area contributed by atoms with Gasteiger partial charge in [-0.3, -0.25) is 4.79 Å². The molecule has 4 rings (SSSR count). The Morgan fingerprint density at radius 1 is 1.17 bits per heavy atom. The van der Waals surface area contributed by atoms with Crippen LogP contribution in [0.4, 0.5) is 0 Å². The molecule has 1 amide bonds. The zero-order valence-electron chi connectivity index (χ0n) is 17.1. The zero-order valence-corrected chi connectivity index (χ0v) is 17.9. The van der Waals surface area contributed by atoms with Gasteiger partial charge in [0.15, 0.2) is 12.3 Å². The van der Waals surface area contributed by atoms with E-state index in [4.69, 9.17) is 4.74 Å². The fourth-order valence-corrected chi connectivity index (χ4v) is 4.51. The fraction of sp³-hybridized carbons (Fsp3) is 0.500. The monoisotopic (exact) mass is 433 g/mol. The Hall–Kier alpha value is -2.32. The van der Waals surface area contributed by atoms with Gasteiger partial charge in [0, 0.05) is 12.8 Å². The molecular weight excluding hydrogens is 406 g/mol. The van der Waals surface area contributed by atoms with Gasteiger partial charge in [0.05, 0.1) is 23.7 Å². The molecule has 1 atom stereocenters. The molecule has 7 nitrogen and oxygen atoms in total. The third-order valence-electron chi connectivity index (χ3n) is 5.72. The van der Waals surface area contributed by atoms with Gasteiger partial charge in [-0.25, -0.2) is 13.2 Å². The minimum absolute atomic E-state index is 0.150. The Kier molecular flexibility index (Phi) is 7.20. The van der Waals surface area contributed by atoms with E-state index in [2.05, 4.69) is 0 Å². The molecule has 0 N–H and O–H groups in total. The SMILES string of the molecule is Cc1ccc(S(=O)(=O)[O-])cc1.O=C1CC=C(CC[N+]2=C3CCCC[C@H]3CC2=O)CO1. The predicted molar refractivity (Wildman–Crippen MR) is 109 cm³/mol. The number of benzene rings is 1. The highest BCUT2D eigenvalue weighted by molar-refractivity contribution is 7.85. The Bertz CT molecular complexity index is 975. The van der Waals surface area contributed by atoms with Gasteiger partial charge in [-0.05, 0) is 37.5 Å². The number of nitrogens with zero attached hydrogens (tertiary/aromatic N) is 1. The summed E-state index contributed by atoms with van der Waals surface area (Å²) in [5.74, 6) is 0.650. The number of hydrogen-bond acceptors (Lipinski definition) is 6. The van der Waals surface area contributed by atoms with Crippen LogP contribution >= 0.6 is 0 Å². The van der Waals surface area contributed by atoms with E-state index in [0.29, 0.717) is 25.4 Å². The van der Waals surface area contributed by atoms with Gasteiger partial charge in [-0.1, -0.05) is 30.2 Å². The van der Waals surface area contributed by atoms with E-state index < -0.39 is 10.1 Å². The van der Waals surface area contributed by atoms with Crippen molar-refractivity contribution in [3.8, 4) is 0 Å². The van der Waals surface area contributed by atoms with Crippen LogP contribution in [0.15, 0.2) is 40.8 Å². The lowest BCUT2D eigenvalue weighted by molar-refractivity contribution is -0.444. The van der Waals surface area contributed by atoms with Crippen LogP contribution < -0.4 is 0 Å². The van der Waals surface area contributed by atoms with E-state index in [1.54, 1.807) is 12.1 Å². The average molecular weight is 434 g/mol. The Morgan fingerprint density at radius 3 is 2.53 bits per heavy atom. The molecule has 1 aromatic carbocycles. The van der Waals surface area contributed by atoms with Crippen molar-refractivity contribution < 1.29 is 31.9 Å². The van der Waals surface area contributed by atoms with Crippen molar-refractivity contribution in [2.45, 2.75) is 56.8 Å². The maximum absolute atomic E-state index is 12.1. The van der Waals surface area contributed by atoms with Crippen LogP contribution in [0.2, 0.25) is 0 Å². The van der Waals surface area contributed by atoms with Crippen molar-refractivity contribution >= 4 is 27.7 Å². The molecule has 0 bridgehead atoms. The first kappa shape index (κ1) is 22.4. The summed E-state index contributed by atoms with van der Waals surface area (Å²) in [6.07, 6.45) is 8.62. The molecule has 1 saturated carbocycles. The van der Waals surface area contributed by atoms with Gasteiger partial charge in [0.25, 0.3) is 0 Å². The molecule has 2 heterocycles. The van der Waals surface area contributed by atoms with Gasteiger partial charge >= 0.3 is 11.9 Å². The van der Waals surface area contributed by atoms with Crippen molar-refractivity contribution in [3.63, 3.8) is 0 Å². The van der Waals surface area contributed by atoms with E-state index in [1.165, 1.54) is 37.1 Å². The van der Waals surface area contributed by atoms with Crippen LogP contribution in [-0.4, -0.2) is 48.3 Å². The first-order valence-corrected chi connectivity index (χ1v) is 11.7. The van der Waals surface area contributed by atoms with Gasteiger partial charge in [-0.15, -0.1) is 0 Å². The first-order chi connectivity index (χ1) is 14.2. The van der Waals surface area contributed by atoms with Gasteiger partial charge in [0.2, 0.25) is 0 Å². The number of cyclic esters (lactones) is 1. The standard InChI is InChI=1S/C15H20NO3.C7H8O3S/c17-14-9-12-3-1-2-4-13(12)16(14)8-7-11-5-6-15(18)19-10-11;1-6-2-4-7(5-3-6)11(8,9)10/h5,12H,1-4,6-10H2;2-5H,1H3,(H,8,9,10)/q+1;/p-1/t12-;/m0./s1. The van der Waals surface area contributed by atoms with E-state index >= 15 is 0 Å². The van der Waals surface area contributed by atoms with Crippen LogP contribution in [0, 0.1) is 12.8 Å². The molecule has 1 aliphatic carbocycles. The molecule has 0 radical (unpaired) electrons. The second-order valence-corrected chi connectivity index (χ2v) is 9.31. The highest BCUT2D eigenvalue weighted by Crippen LogP contribution is 2.29. The van der Waals surface area contributed by atoms with Crippen LogP contribution in [0.25, 0.3) is 0 Å². The molecule has 2 aliphatic heterocycles. The predicted octanol–water partition coefficient (Wildman–Crippen LogP) is 2.72. The minimum atomic E-state index is -4.27. The molecule has 162 valence electrons. The van der Waals surface area contributed by atoms with E-state index in [-0.39, 0.29) is 16.8 Å². The maximum Gasteiger partial charge on any atom is 0.387 e. The molecule has 1 aromatic rings. The van der Waals surface area contributed by atoms with E-state index in [1.807, 2.05) is 17.6 Å². The number of ether oxygens (including phenoxy) is 1. The Balaban J connectivity index is 0.000000199. The number of carbonyl (C=O) groups is 2. The lowest BCUT2D eigenvalue weighted by Gasteiger charge is -2.15. The summed E-state index contributed by atoms with van der Waals surface area (Å²) in [6, 6.07) is 5.78. The number of fused-ring (bicyclic) bond motifs is 1. The Labute approximate surface area is 177 Å². The number of amides is 1. The third-order valence-corrected chi connectivity index (χ3v) is 6.57. The van der Waals surface area contributed by atoms with Crippen molar-refractivity contribution in [1.82, 2.24) is 0 Å². The highest BCUT2D eigenvalue weighted by Gasteiger charge is 2.41. The number of rotatable bonds is 4. The normalized spacial score (nSPS) is 21.4. The Morgan fingerprint density at radius 2 is 1.90 bits per heavy atom. The number of carbonyl (C=O) groups excluding carboxylic acids is 2. The van der Waals surface area contributed by atoms with Gasteiger partial charge in [0.1, 0.15) is 16.7 Å². The lowest BCUT2D eigenvalue weighted by Crippen LogP contribution is -2.25. The van der Waals surface area contributed by atoms with Gasteiger partial charge in [-0.2, -0.15) is 4.58 Å². The zero-order chi connectivity index (χ0) is 21.7. The number of hydrogen-bond donors (Lipinski definition) is 0. The second-order valence-electron chi connectivity index (χ2n) is 7.93. The fourth-order valence-electron chi connectivity index (χ4n) is 4.05. The average Bonchev–Trinajstić information content (AvgIpc) is 3.03. The van der Waals surface area contributed by atoms with Crippen LogP contribution in [0.1, 0.15) is 50.5 Å². The summed E-state index contributed by atoms with van der Waals surface area (Å²) in [7, 11) is -4.27. The highest BCUT2D eigenvalue weighted by atomic mass is 32.2. The summed E-state index contributed by atoms with van der Waals surface area (Å²) in [4.78, 5) is 22.9. The van der Waals surface area contributed by atoms with Crippen LogP contribution in [0.3, 0.4) is 0 Å². The quantitative estimate of drug-likeness (QED) is 0.313. The lowest BCUT2D eigenvalue weighted by atomic mass is 9.87. The molecule has 0 saturated heterocycles. The molecule has 3 aliphatic rings. The van der Waals surface area contributed by atoms with E-state index in [0.717, 1.165) is 30.5 Å². The molecule has 1 fully saturated rings. The number of esters is 1. The van der Waals surface area contributed by atoms with Gasteiger partial charge < -0.3 is 9.29 Å². The van der Waals surface area contributed by atoms with Crippen LogP contribution in [-0.2, 0) is 24.4 Å². The number of aryl methyl sites for hydroxylation is 1. The molecule has 0 aromatic heterocycles. The van der Waals surface area contributed by atoms with Crippen molar-refractivity contribution in [1.29, 1.82) is 0 Å². The van der Waals surface area contributed by atoms with Crippen LogP contribution in [0.5, 0.6) is 0 Å². The van der Waals surface area contributed by atoms with Crippen molar-refractivity contribution in [3.05, 3.63) is 41.5 Å². The molecule has 30 heavy (non-hydrogen) atoms. The summed E-state index contributed by atoms with van der Waals surface area (Å²) < 4.78 is 38.2. The minimum Gasteiger partial charge on any atom is -0.744 e. The maximum atomic E-state index is 12.1. The summed E-state index contributed by atoms with van der Waals surface area (Å²) in [5, 5.41) is 0. The smallest absolute Gasteiger partial charge is 0.387 e. The first-order valence-electron chi connectivity index (χ1n) is 10.3. The molecule has 0 spiro atoms. The summed E-state index contributed by atoms with van der Waals surface area (Å²) >= 11 is 0. The van der Waals surface area contributed by atoms with E-state index in [9.17, 15) is 22.6 Å². The summed E-state index contributed by atoms with van der Waals surface area (Å²) in [6.45, 7) is 2.98. The van der Waals surface area contributed by atoms with Crippen molar-refractivity contribution in [2.24, 2.45) is 5.92 Å². The molecule has 8 heteroatoms. The third kappa shape index (κ3) is 5.86. The molecular formula is C22H27NO6S. The second kappa shape index (κ2) is 9.66. The topological polar surface area (TPSA) is 104 Å².